The largest absolute Gasteiger partial charge is 0.282 e. The van der Waals surface area contributed by atoms with Gasteiger partial charge in [-0.25, -0.2) is 9.97 Å². The maximum atomic E-state index is 5.91. The number of benzene rings is 1. The van der Waals surface area contributed by atoms with Crippen molar-refractivity contribution in [2.24, 2.45) is 0 Å². The molecule has 0 aliphatic carbocycles. The summed E-state index contributed by atoms with van der Waals surface area (Å²) in [6.07, 6.45) is 3.71. The zero-order valence-electron chi connectivity index (χ0n) is 9.56. The minimum absolute atomic E-state index is 0.695. The summed E-state index contributed by atoms with van der Waals surface area (Å²) in [6, 6.07) is 7.72. The molecule has 0 amide bonds. The van der Waals surface area contributed by atoms with Crippen molar-refractivity contribution in [2.75, 3.05) is 0 Å². The Kier molecular flexibility index (Phi) is 2.84. The average Bonchev–Trinajstić information content (AvgIpc) is 2.66. The number of fused-ring (bicyclic) bond motifs is 1. The van der Waals surface area contributed by atoms with Gasteiger partial charge in [-0.15, -0.1) is 0 Å². The Morgan fingerprint density at radius 1 is 1.22 bits per heavy atom. The third-order valence-corrected chi connectivity index (χ3v) is 3.40. The molecule has 3 nitrogen and oxygen atoms in total. The van der Waals surface area contributed by atoms with Crippen molar-refractivity contribution < 1.29 is 0 Å². The quantitative estimate of drug-likeness (QED) is 0.674. The molecule has 0 N–H and O–H groups in total. The Morgan fingerprint density at radius 3 is 2.67 bits per heavy atom. The molecule has 0 atom stereocenters. The zero-order chi connectivity index (χ0) is 12.7. The van der Waals surface area contributed by atoms with E-state index in [0.29, 0.717) is 5.78 Å². The van der Waals surface area contributed by atoms with Crippen LogP contribution < -0.4 is 0 Å². The van der Waals surface area contributed by atoms with E-state index in [1.165, 1.54) is 0 Å². The summed E-state index contributed by atoms with van der Waals surface area (Å²) >= 11 is 9.34. The van der Waals surface area contributed by atoms with Crippen LogP contribution in [-0.2, 0) is 0 Å². The second-order valence-electron chi connectivity index (χ2n) is 3.99. The van der Waals surface area contributed by atoms with Crippen LogP contribution in [-0.4, -0.2) is 14.4 Å². The Labute approximate surface area is 118 Å². The molecule has 3 aromatic rings. The van der Waals surface area contributed by atoms with Crippen molar-refractivity contribution in [1.82, 2.24) is 14.4 Å². The van der Waals surface area contributed by atoms with E-state index >= 15 is 0 Å². The first-order valence-electron chi connectivity index (χ1n) is 5.41. The second kappa shape index (κ2) is 4.37. The highest BCUT2D eigenvalue weighted by Crippen LogP contribution is 2.26. The lowest BCUT2D eigenvalue weighted by Gasteiger charge is -2.03. The van der Waals surface area contributed by atoms with Gasteiger partial charge in [0.05, 0.1) is 15.9 Å². The van der Waals surface area contributed by atoms with Crippen LogP contribution in [0.3, 0.4) is 0 Å². The zero-order valence-corrected chi connectivity index (χ0v) is 11.9. The summed E-state index contributed by atoms with van der Waals surface area (Å²) in [5.41, 5.74) is 3.06. The molecule has 0 spiro atoms. The number of hydrogen-bond donors (Lipinski definition) is 0. The molecule has 5 heteroatoms. The third-order valence-electron chi connectivity index (χ3n) is 2.74. The normalized spacial score (nSPS) is 11.1. The van der Waals surface area contributed by atoms with Crippen molar-refractivity contribution in [2.45, 2.75) is 6.92 Å². The van der Waals surface area contributed by atoms with Gasteiger partial charge in [-0.3, -0.25) is 4.40 Å². The Balaban J connectivity index is 2.30. The molecule has 0 unspecified atom stereocenters. The maximum absolute atomic E-state index is 5.91. The van der Waals surface area contributed by atoms with Gasteiger partial charge in [0.15, 0.2) is 0 Å². The van der Waals surface area contributed by atoms with Gasteiger partial charge in [0.2, 0.25) is 5.78 Å². The summed E-state index contributed by atoms with van der Waals surface area (Å²) in [5, 5.41) is 0.726. The second-order valence-corrected chi connectivity index (χ2v) is 5.35. The van der Waals surface area contributed by atoms with Gasteiger partial charge in [-0.1, -0.05) is 23.7 Å². The maximum Gasteiger partial charge on any atom is 0.234 e. The van der Waals surface area contributed by atoms with Crippen LogP contribution in [0, 0.1) is 6.92 Å². The van der Waals surface area contributed by atoms with Crippen LogP contribution in [0.15, 0.2) is 41.1 Å². The van der Waals surface area contributed by atoms with Crippen LogP contribution in [0.25, 0.3) is 17.0 Å². The predicted octanol–water partition coefficient (Wildman–Crippen LogP) is 4.12. The first-order chi connectivity index (χ1) is 8.65. The smallest absolute Gasteiger partial charge is 0.234 e. The molecule has 18 heavy (non-hydrogen) atoms. The molecular weight excluding hydrogens is 314 g/mol. The van der Waals surface area contributed by atoms with E-state index in [1.54, 1.807) is 6.20 Å². The molecule has 0 saturated carbocycles. The number of rotatable bonds is 1. The topological polar surface area (TPSA) is 30.2 Å². The highest BCUT2D eigenvalue weighted by molar-refractivity contribution is 9.10. The molecule has 0 aliphatic rings. The van der Waals surface area contributed by atoms with E-state index in [-0.39, 0.29) is 0 Å². The van der Waals surface area contributed by atoms with E-state index in [4.69, 9.17) is 11.6 Å². The van der Waals surface area contributed by atoms with Crippen LogP contribution in [0.2, 0.25) is 5.02 Å². The average molecular weight is 323 g/mol. The van der Waals surface area contributed by atoms with Gasteiger partial charge in [0, 0.05) is 23.0 Å². The summed E-state index contributed by atoms with van der Waals surface area (Å²) in [7, 11) is 0. The molecule has 0 saturated heterocycles. The standard InChI is InChI=1S/C13H9BrClN3/c1-8-12(9-2-4-11(15)5-3-9)18-7-10(14)6-16-13(18)17-8/h2-7H,1H3. The van der Waals surface area contributed by atoms with Gasteiger partial charge in [-0.2, -0.15) is 0 Å². The first-order valence-corrected chi connectivity index (χ1v) is 6.58. The van der Waals surface area contributed by atoms with Crippen LogP contribution >= 0.6 is 27.5 Å². The highest BCUT2D eigenvalue weighted by atomic mass is 79.9. The molecule has 0 fully saturated rings. The number of aromatic nitrogens is 3. The number of nitrogens with zero attached hydrogens (tertiary/aromatic N) is 3. The molecule has 0 radical (unpaired) electrons. The van der Waals surface area contributed by atoms with E-state index < -0.39 is 0 Å². The van der Waals surface area contributed by atoms with Gasteiger partial charge >= 0.3 is 0 Å². The highest BCUT2D eigenvalue weighted by Gasteiger charge is 2.11. The molecule has 2 aromatic heterocycles. The van der Waals surface area contributed by atoms with Gasteiger partial charge in [0.1, 0.15) is 0 Å². The van der Waals surface area contributed by atoms with Crippen LogP contribution in [0.1, 0.15) is 5.69 Å². The molecular formula is C13H9BrClN3. The van der Waals surface area contributed by atoms with Crippen LogP contribution in [0.5, 0.6) is 0 Å². The van der Waals surface area contributed by atoms with E-state index in [9.17, 15) is 0 Å². The van der Waals surface area contributed by atoms with E-state index in [0.717, 1.165) is 26.4 Å². The van der Waals surface area contributed by atoms with Crippen molar-refractivity contribution >= 4 is 33.3 Å². The van der Waals surface area contributed by atoms with E-state index in [1.807, 2.05) is 41.8 Å². The van der Waals surface area contributed by atoms with E-state index in [2.05, 4.69) is 25.9 Å². The lowest BCUT2D eigenvalue weighted by Crippen LogP contribution is -1.91. The Morgan fingerprint density at radius 2 is 1.94 bits per heavy atom. The third kappa shape index (κ3) is 1.91. The molecule has 0 aliphatic heterocycles. The summed E-state index contributed by atoms with van der Waals surface area (Å²) < 4.78 is 2.89. The van der Waals surface area contributed by atoms with Gasteiger partial charge in [-0.05, 0) is 35.0 Å². The fourth-order valence-electron chi connectivity index (χ4n) is 1.98. The molecule has 0 bridgehead atoms. The number of hydrogen-bond acceptors (Lipinski definition) is 2. The lowest BCUT2D eigenvalue weighted by atomic mass is 10.1. The monoisotopic (exact) mass is 321 g/mol. The number of aryl methyl sites for hydroxylation is 1. The molecule has 90 valence electrons. The molecule has 1 aromatic carbocycles. The Bertz CT molecular complexity index is 719. The minimum atomic E-state index is 0.695. The van der Waals surface area contributed by atoms with Gasteiger partial charge < -0.3 is 0 Å². The Hall–Kier alpha value is -1.39. The minimum Gasteiger partial charge on any atom is -0.282 e. The summed E-state index contributed by atoms with van der Waals surface area (Å²) in [6.45, 7) is 1.98. The number of imidazole rings is 1. The molecule has 3 rings (SSSR count). The summed E-state index contributed by atoms with van der Waals surface area (Å²) in [4.78, 5) is 8.74. The van der Waals surface area contributed by atoms with Gasteiger partial charge in [0.25, 0.3) is 0 Å². The van der Waals surface area contributed by atoms with Crippen molar-refractivity contribution in [1.29, 1.82) is 0 Å². The first kappa shape index (κ1) is 11.7. The van der Waals surface area contributed by atoms with Crippen molar-refractivity contribution in [3.05, 3.63) is 51.8 Å². The van der Waals surface area contributed by atoms with Crippen molar-refractivity contribution in [3.8, 4) is 11.3 Å². The summed E-state index contributed by atoms with van der Waals surface area (Å²) in [5.74, 6) is 0.695. The van der Waals surface area contributed by atoms with Crippen molar-refractivity contribution in [3.63, 3.8) is 0 Å². The van der Waals surface area contributed by atoms with Crippen LogP contribution in [0.4, 0.5) is 0 Å². The molecule has 2 heterocycles. The lowest BCUT2D eigenvalue weighted by molar-refractivity contribution is 1.10. The fourth-order valence-corrected chi connectivity index (χ4v) is 2.41. The number of halogens is 2. The fraction of sp³-hybridized carbons (Fsp3) is 0.0769. The predicted molar refractivity (Wildman–Crippen MR) is 75.9 cm³/mol. The SMILES string of the molecule is Cc1nc2ncc(Br)cn2c1-c1ccc(Cl)cc1.